The minimum absolute atomic E-state index is 0.251. The van der Waals surface area contributed by atoms with Gasteiger partial charge in [-0.15, -0.1) is 0 Å². The predicted octanol–water partition coefficient (Wildman–Crippen LogP) is 4.15. The molecular formula is C14H11BrFNO. The van der Waals surface area contributed by atoms with Gasteiger partial charge in [0, 0.05) is 10.0 Å². The fourth-order valence-corrected chi connectivity index (χ4v) is 1.96. The van der Waals surface area contributed by atoms with Crippen molar-refractivity contribution in [2.75, 3.05) is 5.32 Å². The number of carbonyl (C=O) groups excluding carboxylic acids is 1. The van der Waals surface area contributed by atoms with Gasteiger partial charge in [0.15, 0.2) is 0 Å². The van der Waals surface area contributed by atoms with Crippen molar-refractivity contribution in [2.45, 2.75) is 6.92 Å². The maximum Gasteiger partial charge on any atom is 0.255 e. The van der Waals surface area contributed by atoms with E-state index in [4.69, 9.17) is 0 Å². The van der Waals surface area contributed by atoms with Crippen molar-refractivity contribution < 1.29 is 9.18 Å². The van der Waals surface area contributed by atoms with E-state index in [2.05, 4.69) is 21.2 Å². The molecule has 1 N–H and O–H groups in total. The zero-order valence-electron chi connectivity index (χ0n) is 9.71. The molecule has 0 aliphatic carbocycles. The van der Waals surface area contributed by atoms with E-state index in [1.54, 1.807) is 18.2 Å². The van der Waals surface area contributed by atoms with E-state index in [1.165, 1.54) is 12.1 Å². The van der Waals surface area contributed by atoms with Crippen molar-refractivity contribution in [3.8, 4) is 0 Å². The molecule has 92 valence electrons. The lowest BCUT2D eigenvalue weighted by molar-refractivity contribution is 0.102. The summed E-state index contributed by atoms with van der Waals surface area (Å²) in [6.07, 6.45) is 0. The van der Waals surface area contributed by atoms with E-state index >= 15 is 0 Å². The largest absolute Gasteiger partial charge is 0.321 e. The fourth-order valence-electron chi connectivity index (χ4n) is 1.61. The van der Waals surface area contributed by atoms with Crippen LogP contribution in [0.15, 0.2) is 46.9 Å². The van der Waals surface area contributed by atoms with Crippen LogP contribution in [0.1, 0.15) is 15.9 Å². The number of carbonyl (C=O) groups is 1. The second-order valence-corrected chi connectivity index (χ2v) is 4.75. The smallest absolute Gasteiger partial charge is 0.255 e. The third-order valence-corrected chi connectivity index (χ3v) is 3.26. The van der Waals surface area contributed by atoms with Crippen molar-refractivity contribution >= 4 is 27.5 Å². The molecule has 0 bridgehead atoms. The second kappa shape index (κ2) is 5.31. The summed E-state index contributed by atoms with van der Waals surface area (Å²) < 4.78 is 13.8. The summed E-state index contributed by atoms with van der Waals surface area (Å²) in [6.45, 7) is 1.86. The summed E-state index contributed by atoms with van der Waals surface area (Å²) in [4.78, 5) is 12.0. The van der Waals surface area contributed by atoms with Crippen LogP contribution in [0.5, 0.6) is 0 Å². The highest BCUT2D eigenvalue weighted by Crippen LogP contribution is 2.24. The second-order valence-electron chi connectivity index (χ2n) is 3.89. The van der Waals surface area contributed by atoms with Crippen molar-refractivity contribution in [3.63, 3.8) is 0 Å². The number of anilines is 1. The molecule has 0 atom stereocenters. The highest BCUT2D eigenvalue weighted by molar-refractivity contribution is 9.10. The highest BCUT2D eigenvalue weighted by Gasteiger charge is 2.10. The van der Waals surface area contributed by atoms with Gasteiger partial charge < -0.3 is 5.32 Å². The number of halogens is 2. The van der Waals surface area contributed by atoms with E-state index in [0.29, 0.717) is 15.7 Å². The van der Waals surface area contributed by atoms with Gasteiger partial charge in [-0.05, 0) is 52.7 Å². The predicted molar refractivity (Wildman–Crippen MR) is 73.2 cm³/mol. The van der Waals surface area contributed by atoms with Crippen molar-refractivity contribution in [3.05, 3.63) is 63.9 Å². The lowest BCUT2D eigenvalue weighted by Gasteiger charge is -2.09. The molecule has 0 saturated heterocycles. The molecule has 0 aliphatic heterocycles. The average Bonchev–Trinajstić information content (AvgIpc) is 2.34. The normalized spacial score (nSPS) is 10.2. The van der Waals surface area contributed by atoms with Gasteiger partial charge in [-0.1, -0.05) is 18.2 Å². The van der Waals surface area contributed by atoms with Gasteiger partial charge in [-0.25, -0.2) is 4.39 Å². The van der Waals surface area contributed by atoms with Crippen LogP contribution in [0.4, 0.5) is 10.1 Å². The molecule has 2 nitrogen and oxygen atoms in total. The van der Waals surface area contributed by atoms with E-state index < -0.39 is 5.82 Å². The van der Waals surface area contributed by atoms with Gasteiger partial charge in [0.2, 0.25) is 0 Å². The van der Waals surface area contributed by atoms with Gasteiger partial charge >= 0.3 is 0 Å². The minimum Gasteiger partial charge on any atom is -0.321 e. The van der Waals surface area contributed by atoms with Crippen LogP contribution in [0.2, 0.25) is 0 Å². The number of nitrogens with one attached hydrogen (secondary N) is 1. The maximum absolute atomic E-state index is 13.1. The molecule has 0 unspecified atom stereocenters. The lowest BCUT2D eigenvalue weighted by atomic mass is 10.1. The molecular weight excluding hydrogens is 297 g/mol. The molecule has 0 radical (unpaired) electrons. The summed E-state index contributed by atoms with van der Waals surface area (Å²) in [5, 5.41) is 2.68. The van der Waals surface area contributed by atoms with Crippen molar-refractivity contribution in [2.24, 2.45) is 0 Å². The van der Waals surface area contributed by atoms with Crippen LogP contribution >= 0.6 is 15.9 Å². The molecule has 2 rings (SSSR count). The maximum atomic E-state index is 13.1. The Bertz CT molecular complexity index is 598. The standard InChI is InChI=1S/C14H11BrFNO/c1-9-4-2-3-5-11(9)14(18)17-13-8-10(16)6-7-12(13)15/h2-8H,1H3,(H,17,18). The number of rotatable bonds is 2. The first-order chi connectivity index (χ1) is 8.58. The number of hydrogen-bond donors (Lipinski definition) is 1. The first-order valence-corrected chi connectivity index (χ1v) is 6.19. The quantitative estimate of drug-likeness (QED) is 0.887. The van der Waals surface area contributed by atoms with Crippen LogP contribution in [0, 0.1) is 12.7 Å². The molecule has 0 aromatic heterocycles. The molecule has 4 heteroatoms. The van der Waals surface area contributed by atoms with E-state index in [9.17, 15) is 9.18 Å². The van der Waals surface area contributed by atoms with E-state index in [0.717, 1.165) is 5.56 Å². The summed E-state index contributed by atoms with van der Waals surface area (Å²) in [6, 6.07) is 11.4. The Morgan fingerprint density at radius 2 is 1.94 bits per heavy atom. The monoisotopic (exact) mass is 307 g/mol. The minimum atomic E-state index is -0.390. The number of aryl methyl sites for hydroxylation is 1. The molecule has 0 fully saturated rings. The van der Waals surface area contributed by atoms with E-state index in [1.807, 2.05) is 19.1 Å². The molecule has 1 amide bonds. The van der Waals surface area contributed by atoms with Crippen LogP contribution in [0.25, 0.3) is 0 Å². The number of amides is 1. The summed E-state index contributed by atoms with van der Waals surface area (Å²) in [5.74, 6) is -0.641. The van der Waals surface area contributed by atoms with Gasteiger partial charge in [0.05, 0.1) is 5.69 Å². The van der Waals surface area contributed by atoms with Crippen LogP contribution in [-0.4, -0.2) is 5.91 Å². The topological polar surface area (TPSA) is 29.1 Å². The lowest BCUT2D eigenvalue weighted by Crippen LogP contribution is -2.13. The Labute approximate surface area is 113 Å². The van der Waals surface area contributed by atoms with Crippen molar-refractivity contribution in [1.82, 2.24) is 0 Å². The zero-order chi connectivity index (χ0) is 13.1. The third kappa shape index (κ3) is 2.76. The first kappa shape index (κ1) is 12.8. The highest BCUT2D eigenvalue weighted by atomic mass is 79.9. The SMILES string of the molecule is Cc1ccccc1C(=O)Nc1cc(F)ccc1Br. The van der Waals surface area contributed by atoms with Crippen LogP contribution < -0.4 is 5.32 Å². The Balaban J connectivity index is 2.27. The van der Waals surface area contributed by atoms with E-state index in [-0.39, 0.29) is 5.91 Å². The Morgan fingerprint density at radius 3 is 2.67 bits per heavy atom. The summed E-state index contributed by atoms with van der Waals surface area (Å²) >= 11 is 3.27. The summed E-state index contributed by atoms with van der Waals surface area (Å²) in [7, 11) is 0. The zero-order valence-corrected chi connectivity index (χ0v) is 11.3. The third-order valence-electron chi connectivity index (χ3n) is 2.57. The van der Waals surface area contributed by atoms with Crippen LogP contribution in [0.3, 0.4) is 0 Å². The van der Waals surface area contributed by atoms with Gasteiger partial charge in [0.25, 0.3) is 5.91 Å². The molecule has 0 saturated carbocycles. The number of benzene rings is 2. The average molecular weight is 308 g/mol. The first-order valence-electron chi connectivity index (χ1n) is 5.40. The molecule has 0 aliphatic rings. The fraction of sp³-hybridized carbons (Fsp3) is 0.0714. The van der Waals surface area contributed by atoms with Gasteiger partial charge in [-0.3, -0.25) is 4.79 Å². The van der Waals surface area contributed by atoms with Crippen LogP contribution in [-0.2, 0) is 0 Å². The summed E-state index contributed by atoms with van der Waals surface area (Å²) in [5.41, 5.74) is 1.87. The number of hydrogen-bond acceptors (Lipinski definition) is 1. The Hall–Kier alpha value is -1.68. The Morgan fingerprint density at radius 1 is 1.22 bits per heavy atom. The van der Waals surface area contributed by atoms with Crippen molar-refractivity contribution in [1.29, 1.82) is 0 Å². The van der Waals surface area contributed by atoms with Gasteiger partial charge in [0.1, 0.15) is 5.82 Å². The molecule has 18 heavy (non-hydrogen) atoms. The molecule has 0 heterocycles. The molecule has 2 aromatic carbocycles. The van der Waals surface area contributed by atoms with Gasteiger partial charge in [-0.2, -0.15) is 0 Å². The molecule has 0 spiro atoms. The Kier molecular flexibility index (Phi) is 3.77. The molecule has 2 aromatic rings.